The molecule has 1 amide bonds. The van der Waals surface area contributed by atoms with Gasteiger partial charge in [0.25, 0.3) is 0 Å². The van der Waals surface area contributed by atoms with Gasteiger partial charge in [0.05, 0.1) is 11.6 Å². The molecule has 6 nitrogen and oxygen atoms in total. The van der Waals surface area contributed by atoms with E-state index in [1.807, 2.05) is 32.0 Å². The Bertz CT molecular complexity index is 1020. The summed E-state index contributed by atoms with van der Waals surface area (Å²) in [6, 6.07) is 16.4. The fourth-order valence-corrected chi connectivity index (χ4v) is 3.17. The molecule has 0 unspecified atom stereocenters. The van der Waals surface area contributed by atoms with Gasteiger partial charge in [-0.2, -0.15) is 10.2 Å². The quantitative estimate of drug-likeness (QED) is 0.547. The lowest BCUT2D eigenvalue weighted by atomic mass is 10.1. The Balaban J connectivity index is 1.61. The fraction of sp³-hybridized carbons (Fsp3) is 0.273. The molecule has 0 N–H and O–H groups in total. The van der Waals surface area contributed by atoms with Gasteiger partial charge in [-0.15, -0.1) is 0 Å². The van der Waals surface area contributed by atoms with E-state index in [2.05, 4.69) is 16.2 Å². The molecule has 0 spiro atoms. The number of benzene rings is 2. The minimum atomic E-state index is -0.0173. The Morgan fingerprint density at radius 1 is 1.24 bits per heavy atom. The van der Waals surface area contributed by atoms with Crippen LogP contribution in [0.15, 0.2) is 53.1 Å². The summed E-state index contributed by atoms with van der Waals surface area (Å²) in [6.07, 6.45) is 1.44. The Kier molecular flexibility index (Phi) is 6.63. The first-order valence-electron chi connectivity index (χ1n) is 9.38. The third kappa shape index (κ3) is 5.21. The number of carbonyl (C=O) groups is 1. The maximum Gasteiger partial charge on any atom is 0.227 e. The molecule has 0 aliphatic heterocycles. The van der Waals surface area contributed by atoms with Crippen molar-refractivity contribution in [2.45, 2.75) is 39.2 Å². The van der Waals surface area contributed by atoms with Crippen molar-refractivity contribution in [3.8, 4) is 17.5 Å². The minimum Gasteiger partial charge on any atom is -0.339 e. The number of carbonyl (C=O) groups excluding carboxylic acids is 1. The van der Waals surface area contributed by atoms with E-state index in [0.29, 0.717) is 41.6 Å². The van der Waals surface area contributed by atoms with Gasteiger partial charge in [-0.3, -0.25) is 4.79 Å². The summed E-state index contributed by atoms with van der Waals surface area (Å²) in [4.78, 5) is 18.9. The molecule has 0 aliphatic rings. The van der Waals surface area contributed by atoms with Crippen LogP contribution in [0.4, 0.5) is 5.69 Å². The topological polar surface area (TPSA) is 83.0 Å². The number of amides is 1. The minimum absolute atomic E-state index is 0.00692. The summed E-state index contributed by atoms with van der Waals surface area (Å²) >= 11 is 5.90. The van der Waals surface area contributed by atoms with Gasteiger partial charge >= 0.3 is 0 Å². The summed E-state index contributed by atoms with van der Waals surface area (Å²) in [5.41, 5.74) is 2.08. The van der Waals surface area contributed by atoms with Gasteiger partial charge in [-0.05, 0) is 62.7 Å². The molecule has 29 heavy (non-hydrogen) atoms. The molecule has 0 atom stereocenters. The molecular weight excluding hydrogens is 388 g/mol. The lowest BCUT2D eigenvalue weighted by molar-refractivity contribution is -0.119. The number of hydrogen-bond donors (Lipinski definition) is 0. The van der Waals surface area contributed by atoms with Crippen molar-refractivity contribution in [1.29, 1.82) is 5.26 Å². The Morgan fingerprint density at radius 2 is 2.00 bits per heavy atom. The Hall–Kier alpha value is -3.17. The summed E-state index contributed by atoms with van der Waals surface area (Å²) in [5.74, 6) is 0.984. The van der Waals surface area contributed by atoms with E-state index < -0.39 is 0 Å². The molecule has 0 fully saturated rings. The maximum absolute atomic E-state index is 12.8. The van der Waals surface area contributed by atoms with Crippen LogP contribution in [0.2, 0.25) is 5.02 Å². The van der Waals surface area contributed by atoms with Crippen molar-refractivity contribution in [2.24, 2.45) is 0 Å². The summed E-state index contributed by atoms with van der Waals surface area (Å²) in [5, 5.41) is 13.7. The van der Waals surface area contributed by atoms with E-state index in [9.17, 15) is 4.79 Å². The maximum atomic E-state index is 12.8. The zero-order valence-corrected chi connectivity index (χ0v) is 17.1. The SMILES string of the molecule is CC(C)N(C(=O)CCCc1nc(-c2ccc(Cl)cc2)no1)c1cccc(C#N)c1. The highest BCUT2D eigenvalue weighted by Gasteiger charge is 2.19. The predicted molar refractivity (Wildman–Crippen MR) is 111 cm³/mol. The molecule has 148 valence electrons. The van der Waals surface area contributed by atoms with Gasteiger partial charge < -0.3 is 9.42 Å². The molecule has 0 saturated carbocycles. The number of aryl methyl sites for hydroxylation is 1. The second-order valence-electron chi connectivity index (χ2n) is 6.89. The van der Waals surface area contributed by atoms with Crippen LogP contribution in [-0.4, -0.2) is 22.1 Å². The van der Waals surface area contributed by atoms with Crippen LogP contribution >= 0.6 is 11.6 Å². The summed E-state index contributed by atoms with van der Waals surface area (Å²) in [6.45, 7) is 3.90. The molecule has 0 radical (unpaired) electrons. The number of aromatic nitrogens is 2. The van der Waals surface area contributed by atoms with E-state index in [-0.39, 0.29) is 11.9 Å². The zero-order chi connectivity index (χ0) is 20.8. The highest BCUT2D eigenvalue weighted by Crippen LogP contribution is 2.22. The molecule has 7 heteroatoms. The summed E-state index contributed by atoms with van der Waals surface area (Å²) < 4.78 is 5.30. The number of halogens is 1. The van der Waals surface area contributed by atoms with E-state index in [4.69, 9.17) is 21.4 Å². The first-order chi connectivity index (χ1) is 14.0. The van der Waals surface area contributed by atoms with Crippen LogP contribution in [0.1, 0.15) is 38.1 Å². The molecule has 0 saturated heterocycles. The van der Waals surface area contributed by atoms with Gasteiger partial charge in [0.15, 0.2) is 0 Å². The number of anilines is 1. The van der Waals surface area contributed by atoms with E-state index in [1.54, 1.807) is 35.2 Å². The van der Waals surface area contributed by atoms with Crippen LogP contribution in [0.3, 0.4) is 0 Å². The average molecular weight is 409 g/mol. The average Bonchev–Trinajstić information content (AvgIpc) is 3.17. The number of nitrogens with zero attached hydrogens (tertiary/aromatic N) is 4. The van der Waals surface area contributed by atoms with Crippen LogP contribution in [-0.2, 0) is 11.2 Å². The van der Waals surface area contributed by atoms with Gasteiger partial charge in [0, 0.05) is 35.2 Å². The lowest BCUT2D eigenvalue weighted by Crippen LogP contribution is -2.37. The molecule has 0 aliphatic carbocycles. The molecule has 0 bridgehead atoms. The van der Waals surface area contributed by atoms with Crippen LogP contribution in [0, 0.1) is 11.3 Å². The van der Waals surface area contributed by atoms with Crippen molar-refractivity contribution < 1.29 is 9.32 Å². The van der Waals surface area contributed by atoms with E-state index in [0.717, 1.165) is 11.3 Å². The van der Waals surface area contributed by atoms with Crippen molar-refractivity contribution in [3.05, 3.63) is 65.0 Å². The molecule has 3 aromatic rings. The van der Waals surface area contributed by atoms with E-state index in [1.165, 1.54) is 0 Å². The van der Waals surface area contributed by atoms with Crippen molar-refractivity contribution in [3.63, 3.8) is 0 Å². The highest BCUT2D eigenvalue weighted by atomic mass is 35.5. The van der Waals surface area contributed by atoms with Crippen LogP contribution in [0.5, 0.6) is 0 Å². The number of rotatable bonds is 7. The third-order valence-electron chi connectivity index (χ3n) is 4.39. The van der Waals surface area contributed by atoms with Crippen LogP contribution in [0.25, 0.3) is 11.4 Å². The van der Waals surface area contributed by atoms with Gasteiger partial charge in [-0.25, -0.2) is 0 Å². The van der Waals surface area contributed by atoms with Crippen molar-refractivity contribution >= 4 is 23.2 Å². The normalized spacial score (nSPS) is 10.7. The second-order valence-corrected chi connectivity index (χ2v) is 7.33. The first kappa shape index (κ1) is 20.6. The smallest absolute Gasteiger partial charge is 0.227 e. The van der Waals surface area contributed by atoms with Crippen molar-refractivity contribution in [1.82, 2.24) is 10.1 Å². The fourth-order valence-electron chi connectivity index (χ4n) is 3.04. The molecule has 1 aromatic heterocycles. The van der Waals surface area contributed by atoms with E-state index >= 15 is 0 Å². The molecular formula is C22H21ClN4O2. The molecule has 1 heterocycles. The molecule has 2 aromatic carbocycles. The Morgan fingerprint density at radius 3 is 2.69 bits per heavy atom. The monoisotopic (exact) mass is 408 g/mol. The first-order valence-corrected chi connectivity index (χ1v) is 9.76. The second kappa shape index (κ2) is 9.35. The largest absolute Gasteiger partial charge is 0.339 e. The standard InChI is InChI=1S/C22H21ClN4O2/c1-15(2)27(19-6-3-5-16(13-19)14-24)21(28)8-4-7-20-25-22(26-29-20)17-9-11-18(23)12-10-17/h3,5-6,9-13,15H,4,7-8H2,1-2H3. The third-order valence-corrected chi connectivity index (χ3v) is 4.64. The highest BCUT2D eigenvalue weighted by molar-refractivity contribution is 6.30. The van der Waals surface area contributed by atoms with Gasteiger partial charge in [-0.1, -0.05) is 22.8 Å². The van der Waals surface area contributed by atoms with Crippen LogP contribution < -0.4 is 4.90 Å². The molecule has 3 rings (SSSR count). The summed E-state index contributed by atoms with van der Waals surface area (Å²) in [7, 11) is 0. The lowest BCUT2D eigenvalue weighted by Gasteiger charge is -2.27. The zero-order valence-electron chi connectivity index (χ0n) is 16.3. The Labute approximate surface area is 174 Å². The van der Waals surface area contributed by atoms with Gasteiger partial charge in [0.2, 0.25) is 17.6 Å². The van der Waals surface area contributed by atoms with Crippen molar-refractivity contribution in [2.75, 3.05) is 4.90 Å². The number of nitriles is 1. The number of hydrogen-bond acceptors (Lipinski definition) is 5. The van der Waals surface area contributed by atoms with Gasteiger partial charge in [0.1, 0.15) is 0 Å². The predicted octanol–water partition coefficient (Wildman–Crippen LogP) is 5.03.